The highest BCUT2D eigenvalue weighted by molar-refractivity contribution is 6.42. The Hall–Kier alpha value is -4.46. The standard InChI is InChI=1S/C31H25Cl2N5O2/c1-2-38(23-14-15-25(32)26(33)18-23)19-20-13-16-27-24(17-20)28(35-29(39)21-9-5-3-6-10-21)36-31(34-27)37-30(40)22-11-7-4-8-12-22/h3-18H,2,19H2,1H3,(H2,34,35,36,37,39,40). The first-order valence-electron chi connectivity index (χ1n) is 12.6. The molecule has 9 heteroatoms. The minimum Gasteiger partial charge on any atom is -0.367 e. The molecule has 40 heavy (non-hydrogen) atoms. The van der Waals surface area contributed by atoms with E-state index in [9.17, 15) is 9.59 Å². The Bertz CT molecular complexity index is 1680. The van der Waals surface area contributed by atoms with Crippen LogP contribution in [-0.4, -0.2) is 28.3 Å². The topological polar surface area (TPSA) is 87.2 Å². The number of carbonyl (C=O) groups excluding carboxylic acids is 2. The molecule has 0 aliphatic heterocycles. The molecule has 1 aromatic heterocycles. The number of anilines is 3. The van der Waals surface area contributed by atoms with Crippen molar-refractivity contribution in [2.45, 2.75) is 13.5 Å². The molecule has 5 rings (SSSR count). The Morgan fingerprint density at radius 2 is 1.40 bits per heavy atom. The van der Waals surface area contributed by atoms with E-state index in [2.05, 4.69) is 32.4 Å². The molecule has 4 aromatic carbocycles. The lowest BCUT2D eigenvalue weighted by Gasteiger charge is -2.24. The SMILES string of the molecule is CCN(Cc1ccc2nc(NC(=O)c3ccccc3)nc(NC(=O)c3ccccc3)c2c1)c1ccc(Cl)c(Cl)c1. The molecule has 0 spiro atoms. The summed E-state index contributed by atoms with van der Waals surface area (Å²) in [6, 6.07) is 29.0. The van der Waals surface area contributed by atoms with Crippen molar-refractivity contribution in [3.8, 4) is 0 Å². The number of benzene rings is 4. The molecule has 0 atom stereocenters. The fourth-order valence-corrected chi connectivity index (χ4v) is 4.54. The molecule has 2 N–H and O–H groups in total. The minimum atomic E-state index is -0.350. The molecular weight excluding hydrogens is 545 g/mol. The number of halogens is 2. The molecule has 0 fully saturated rings. The van der Waals surface area contributed by atoms with E-state index < -0.39 is 0 Å². The van der Waals surface area contributed by atoms with Crippen molar-refractivity contribution in [1.29, 1.82) is 0 Å². The monoisotopic (exact) mass is 569 g/mol. The molecule has 5 aromatic rings. The lowest BCUT2D eigenvalue weighted by Crippen LogP contribution is -2.22. The van der Waals surface area contributed by atoms with Gasteiger partial charge in [-0.1, -0.05) is 65.7 Å². The third kappa shape index (κ3) is 6.22. The van der Waals surface area contributed by atoms with Crippen LogP contribution in [0.25, 0.3) is 10.9 Å². The molecule has 0 radical (unpaired) electrons. The van der Waals surface area contributed by atoms with Gasteiger partial charge in [0.05, 0.1) is 15.6 Å². The number of rotatable bonds is 8. The first-order chi connectivity index (χ1) is 19.4. The van der Waals surface area contributed by atoms with Gasteiger partial charge in [-0.15, -0.1) is 0 Å². The summed E-state index contributed by atoms with van der Waals surface area (Å²) >= 11 is 12.4. The van der Waals surface area contributed by atoms with Crippen LogP contribution in [0.2, 0.25) is 10.0 Å². The first-order valence-corrected chi connectivity index (χ1v) is 13.4. The predicted molar refractivity (Wildman–Crippen MR) is 162 cm³/mol. The summed E-state index contributed by atoms with van der Waals surface area (Å²) in [5, 5.41) is 7.28. The lowest BCUT2D eigenvalue weighted by atomic mass is 10.1. The van der Waals surface area contributed by atoms with Crippen LogP contribution < -0.4 is 15.5 Å². The van der Waals surface area contributed by atoms with Crippen molar-refractivity contribution in [3.05, 3.63) is 124 Å². The molecule has 0 unspecified atom stereocenters. The van der Waals surface area contributed by atoms with Crippen molar-refractivity contribution in [1.82, 2.24) is 9.97 Å². The number of carbonyl (C=O) groups is 2. The van der Waals surface area contributed by atoms with Gasteiger partial charge >= 0.3 is 0 Å². The molecule has 0 aliphatic rings. The molecule has 200 valence electrons. The molecule has 0 saturated carbocycles. The lowest BCUT2D eigenvalue weighted by molar-refractivity contribution is 0.101. The highest BCUT2D eigenvalue weighted by atomic mass is 35.5. The van der Waals surface area contributed by atoms with Crippen LogP contribution in [0, 0.1) is 0 Å². The Labute approximate surface area is 241 Å². The van der Waals surface area contributed by atoms with Gasteiger partial charge in [0.1, 0.15) is 5.82 Å². The normalized spacial score (nSPS) is 10.8. The van der Waals surface area contributed by atoms with Gasteiger partial charge in [0.25, 0.3) is 11.8 Å². The van der Waals surface area contributed by atoms with Crippen LogP contribution >= 0.6 is 23.2 Å². The number of hydrogen-bond acceptors (Lipinski definition) is 5. The Kier molecular flexibility index (Phi) is 8.24. The number of fused-ring (bicyclic) bond motifs is 1. The van der Waals surface area contributed by atoms with Gasteiger partial charge in [0.2, 0.25) is 5.95 Å². The van der Waals surface area contributed by atoms with Crippen LogP contribution in [-0.2, 0) is 6.54 Å². The van der Waals surface area contributed by atoms with Crippen molar-refractivity contribution >= 4 is 63.4 Å². The van der Waals surface area contributed by atoms with Gasteiger partial charge in [0.15, 0.2) is 0 Å². The molecule has 0 bridgehead atoms. The third-order valence-electron chi connectivity index (χ3n) is 6.31. The summed E-state index contributed by atoms with van der Waals surface area (Å²) in [5.74, 6) is -0.292. The van der Waals surface area contributed by atoms with Crippen LogP contribution in [0.4, 0.5) is 17.5 Å². The average Bonchev–Trinajstić information content (AvgIpc) is 2.98. The van der Waals surface area contributed by atoms with Gasteiger partial charge in [0, 0.05) is 35.3 Å². The van der Waals surface area contributed by atoms with E-state index in [1.54, 1.807) is 54.6 Å². The third-order valence-corrected chi connectivity index (χ3v) is 7.05. The maximum absolute atomic E-state index is 13.1. The second-order valence-corrected chi connectivity index (χ2v) is 9.81. The van der Waals surface area contributed by atoms with Crippen LogP contribution in [0.1, 0.15) is 33.2 Å². The first kappa shape index (κ1) is 27.1. The number of hydrogen-bond donors (Lipinski definition) is 2. The summed E-state index contributed by atoms with van der Waals surface area (Å²) in [4.78, 5) is 37.1. The minimum absolute atomic E-state index is 0.0865. The van der Waals surface area contributed by atoms with Gasteiger partial charge in [-0.25, -0.2) is 4.98 Å². The summed E-state index contributed by atoms with van der Waals surface area (Å²) in [7, 11) is 0. The highest BCUT2D eigenvalue weighted by Gasteiger charge is 2.16. The van der Waals surface area contributed by atoms with Crippen LogP contribution in [0.3, 0.4) is 0 Å². The summed E-state index contributed by atoms with van der Waals surface area (Å²) in [6.45, 7) is 3.36. The second kappa shape index (κ2) is 12.2. The van der Waals surface area contributed by atoms with Gasteiger partial charge < -0.3 is 10.2 Å². The predicted octanol–water partition coefficient (Wildman–Crippen LogP) is 7.47. The fraction of sp³-hybridized carbons (Fsp3) is 0.0968. The van der Waals surface area contributed by atoms with Crippen LogP contribution in [0.5, 0.6) is 0 Å². The smallest absolute Gasteiger partial charge is 0.258 e. The van der Waals surface area contributed by atoms with E-state index in [1.807, 2.05) is 42.5 Å². The number of nitrogens with zero attached hydrogens (tertiary/aromatic N) is 3. The van der Waals surface area contributed by atoms with E-state index in [0.29, 0.717) is 44.4 Å². The van der Waals surface area contributed by atoms with E-state index in [1.165, 1.54) is 0 Å². The van der Waals surface area contributed by atoms with Gasteiger partial charge in [-0.05, 0) is 67.1 Å². The maximum Gasteiger partial charge on any atom is 0.258 e. The highest BCUT2D eigenvalue weighted by Crippen LogP contribution is 2.29. The number of nitrogens with one attached hydrogen (secondary N) is 2. The quantitative estimate of drug-likeness (QED) is 0.202. The van der Waals surface area contributed by atoms with Crippen molar-refractivity contribution < 1.29 is 9.59 Å². The van der Waals surface area contributed by atoms with Crippen molar-refractivity contribution in [2.75, 3.05) is 22.1 Å². The van der Waals surface area contributed by atoms with Gasteiger partial charge in [-0.3, -0.25) is 14.9 Å². The van der Waals surface area contributed by atoms with Crippen molar-refractivity contribution in [3.63, 3.8) is 0 Å². The Balaban J connectivity index is 1.50. The van der Waals surface area contributed by atoms with E-state index in [0.717, 1.165) is 17.8 Å². The summed E-state index contributed by atoms with van der Waals surface area (Å²) in [6.07, 6.45) is 0. The molecule has 1 heterocycles. The Morgan fingerprint density at radius 1 is 0.750 bits per heavy atom. The average molecular weight is 570 g/mol. The fourth-order valence-electron chi connectivity index (χ4n) is 4.25. The number of amides is 2. The zero-order chi connectivity index (χ0) is 28.1. The molecular formula is C31H25Cl2N5O2. The van der Waals surface area contributed by atoms with E-state index in [-0.39, 0.29) is 17.8 Å². The molecule has 2 amide bonds. The zero-order valence-corrected chi connectivity index (χ0v) is 23.1. The number of aromatic nitrogens is 2. The van der Waals surface area contributed by atoms with E-state index in [4.69, 9.17) is 23.2 Å². The molecule has 0 aliphatic carbocycles. The van der Waals surface area contributed by atoms with Crippen LogP contribution in [0.15, 0.2) is 97.1 Å². The van der Waals surface area contributed by atoms with E-state index >= 15 is 0 Å². The molecule has 0 saturated heterocycles. The second-order valence-electron chi connectivity index (χ2n) is 9.00. The zero-order valence-electron chi connectivity index (χ0n) is 21.6. The van der Waals surface area contributed by atoms with Crippen molar-refractivity contribution in [2.24, 2.45) is 0 Å². The van der Waals surface area contributed by atoms with Gasteiger partial charge in [-0.2, -0.15) is 4.98 Å². The summed E-state index contributed by atoms with van der Waals surface area (Å²) < 4.78 is 0. The largest absolute Gasteiger partial charge is 0.367 e. The maximum atomic E-state index is 13.1. The summed E-state index contributed by atoms with van der Waals surface area (Å²) in [5.41, 5.74) is 3.43. The Morgan fingerprint density at radius 3 is 2.02 bits per heavy atom. The molecule has 7 nitrogen and oxygen atoms in total.